The van der Waals surface area contributed by atoms with Gasteiger partial charge in [0.1, 0.15) is 0 Å². The predicted octanol–water partition coefficient (Wildman–Crippen LogP) is 3.16. The molecule has 0 amide bonds. The predicted molar refractivity (Wildman–Crippen MR) is 78.0 cm³/mol. The molecule has 0 aromatic heterocycles. The van der Waals surface area contributed by atoms with Crippen molar-refractivity contribution in [2.75, 3.05) is 26.7 Å². The fraction of sp³-hybridized carbons (Fsp3) is 0.600. The van der Waals surface area contributed by atoms with Gasteiger partial charge < -0.3 is 10.2 Å². The number of halogens is 1. The summed E-state index contributed by atoms with van der Waals surface area (Å²) in [4.78, 5) is 2.40. The molecule has 1 aliphatic heterocycles. The fourth-order valence-corrected chi connectivity index (χ4v) is 3.09. The molecule has 0 spiro atoms. The Morgan fingerprint density at radius 2 is 2.17 bits per heavy atom. The van der Waals surface area contributed by atoms with Crippen molar-refractivity contribution < 1.29 is 0 Å². The molecule has 100 valence electrons. The van der Waals surface area contributed by atoms with Gasteiger partial charge in [0.25, 0.3) is 0 Å². The maximum absolute atomic E-state index is 6.21. The van der Waals surface area contributed by atoms with Gasteiger partial charge in [-0.3, -0.25) is 0 Å². The fourth-order valence-electron chi connectivity index (χ4n) is 2.89. The number of benzene rings is 1. The number of nitrogens with zero attached hydrogens (tertiary/aromatic N) is 1. The molecule has 0 aliphatic carbocycles. The van der Waals surface area contributed by atoms with Crippen molar-refractivity contribution >= 4 is 11.6 Å². The highest BCUT2D eigenvalue weighted by Crippen LogP contribution is 2.30. The van der Waals surface area contributed by atoms with Crippen molar-refractivity contribution in [3.8, 4) is 0 Å². The van der Waals surface area contributed by atoms with Gasteiger partial charge in [0.05, 0.1) is 0 Å². The van der Waals surface area contributed by atoms with Crippen LogP contribution in [-0.4, -0.2) is 31.6 Å². The summed E-state index contributed by atoms with van der Waals surface area (Å²) in [5.41, 5.74) is 1.68. The Morgan fingerprint density at radius 3 is 2.78 bits per heavy atom. The van der Waals surface area contributed by atoms with Crippen molar-refractivity contribution in [2.45, 2.75) is 26.3 Å². The highest BCUT2D eigenvalue weighted by atomic mass is 35.5. The minimum atomic E-state index is 0.454. The highest BCUT2D eigenvalue weighted by molar-refractivity contribution is 6.31. The zero-order chi connectivity index (χ0) is 13.0. The Balaban J connectivity index is 1.96. The molecule has 0 saturated carbocycles. The van der Waals surface area contributed by atoms with Crippen LogP contribution in [0.25, 0.3) is 0 Å². The van der Waals surface area contributed by atoms with E-state index in [9.17, 15) is 0 Å². The van der Waals surface area contributed by atoms with Crippen LogP contribution in [0.2, 0.25) is 5.02 Å². The Morgan fingerprint density at radius 1 is 1.39 bits per heavy atom. The summed E-state index contributed by atoms with van der Waals surface area (Å²) in [6, 6.07) is 8.13. The van der Waals surface area contributed by atoms with E-state index < -0.39 is 0 Å². The average Bonchev–Trinajstić information content (AvgIpc) is 2.81. The van der Waals surface area contributed by atoms with E-state index >= 15 is 0 Å². The normalized spacial score (nSPS) is 23.8. The second kappa shape index (κ2) is 6.05. The molecule has 0 radical (unpaired) electrons. The number of rotatable bonds is 5. The topological polar surface area (TPSA) is 15.3 Å². The average molecular weight is 267 g/mol. The molecule has 1 N–H and O–H groups in total. The molecule has 18 heavy (non-hydrogen) atoms. The summed E-state index contributed by atoms with van der Waals surface area (Å²) in [6.07, 6.45) is 2.53. The number of hydrogen-bond donors (Lipinski definition) is 1. The van der Waals surface area contributed by atoms with Gasteiger partial charge in [-0.25, -0.2) is 0 Å². The largest absolute Gasteiger partial charge is 0.316 e. The van der Waals surface area contributed by atoms with Crippen LogP contribution in [0.5, 0.6) is 0 Å². The molecule has 0 bridgehead atoms. The molecular weight excluding hydrogens is 244 g/mol. The molecule has 1 aromatic carbocycles. The van der Waals surface area contributed by atoms with Crippen LogP contribution in [0.15, 0.2) is 24.3 Å². The maximum atomic E-state index is 6.21. The van der Waals surface area contributed by atoms with Crippen LogP contribution < -0.4 is 5.32 Å². The standard InChI is InChI=1S/C15H23ClN2/c1-3-15(8-9-17-11-15)12-18(2)10-13-6-4-5-7-14(13)16/h4-7,17H,3,8-12H2,1-2H3. The zero-order valence-corrected chi connectivity index (χ0v) is 12.1. The van der Waals surface area contributed by atoms with Crippen molar-refractivity contribution in [1.82, 2.24) is 10.2 Å². The number of nitrogens with one attached hydrogen (secondary N) is 1. The smallest absolute Gasteiger partial charge is 0.0451 e. The summed E-state index contributed by atoms with van der Waals surface area (Å²) in [5.74, 6) is 0. The Labute approximate surface area is 115 Å². The van der Waals surface area contributed by atoms with Crippen LogP contribution in [0, 0.1) is 5.41 Å². The third-order valence-corrected chi connectivity index (χ3v) is 4.45. The second-order valence-electron chi connectivity index (χ2n) is 5.54. The first-order valence-electron chi connectivity index (χ1n) is 6.78. The summed E-state index contributed by atoms with van der Waals surface area (Å²) >= 11 is 6.21. The lowest BCUT2D eigenvalue weighted by molar-refractivity contribution is 0.179. The van der Waals surface area contributed by atoms with Crippen molar-refractivity contribution in [1.29, 1.82) is 0 Å². The van der Waals surface area contributed by atoms with E-state index in [1.807, 2.05) is 12.1 Å². The quantitative estimate of drug-likeness (QED) is 0.881. The zero-order valence-electron chi connectivity index (χ0n) is 11.4. The Hall–Kier alpha value is -0.570. The van der Waals surface area contributed by atoms with Crippen molar-refractivity contribution in [2.24, 2.45) is 5.41 Å². The van der Waals surface area contributed by atoms with E-state index in [0.29, 0.717) is 5.41 Å². The summed E-state index contributed by atoms with van der Waals surface area (Å²) < 4.78 is 0. The first-order chi connectivity index (χ1) is 8.65. The minimum Gasteiger partial charge on any atom is -0.316 e. The SMILES string of the molecule is CCC1(CN(C)Cc2ccccc2Cl)CCNC1. The molecule has 1 unspecified atom stereocenters. The van der Waals surface area contributed by atoms with Gasteiger partial charge in [0.15, 0.2) is 0 Å². The Bertz CT molecular complexity index is 386. The van der Waals surface area contributed by atoms with Gasteiger partial charge >= 0.3 is 0 Å². The molecule has 3 heteroatoms. The van der Waals surface area contributed by atoms with E-state index in [1.54, 1.807) is 0 Å². The van der Waals surface area contributed by atoms with Gasteiger partial charge in [-0.2, -0.15) is 0 Å². The molecule has 2 nitrogen and oxygen atoms in total. The third-order valence-electron chi connectivity index (χ3n) is 4.09. The second-order valence-corrected chi connectivity index (χ2v) is 5.95. The van der Waals surface area contributed by atoms with E-state index in [2.05, 4.69) is 36.3 Å². The van der Waals surface area contributed by atoms with Gasteiger partial charge in [0, 0.05) is 24.7 Å². The lowest BCUT2D eigenvalue weighted by Crippen LogP contribution is -2.36. The van der Waals surface area contributed by atoms with Gasteiger partial charge in [-0.1, -0.05) is 36.7 Å². The molecule has 1 atom stereocenters. The van der Waals surface area contributed by atoms with Crippen LogP contribution >= 0.6 is 11.6 Å². The lowest BCUT2D eigenvalue weighted by Gasteiger charge is -2.32. The van der Waals surface area contributed by atoms with Gasteiger partial charge in [-0.15, -0.1) is 0 Å². The lowest BCUT2D eigenvalue weighted by atomic mass is 9.84. The van der Waals surface area contributed by atoms with Crippen LogP contribution in [0.3, 0.4) is 0 Å². The Kier molecular flexibility index (Phi) is 4.66. The first-order valence-corrected chi connectivity index (χ1v) is 7.16. The van der Waals surface area contributed by atoms with Crippen LogP contribution in [0.1, 0.15) is 25.3 Å². The molecule has 2 rings (SSSR count). The van der Waals surface area contributed by atoms with Crippen molar-refractivity contribution in [3.05, 3.63) is 34.9 Å². The molecule has 1 aromatic rings. The summed E-state index contributed by atoms with van der Waals surface area (Å²) in [7, 11) is 2.19. The molecule has 1 heterocycles. The summed E-state index contributed by atoms with van der Waals surface area (Å²) in [6.45, 7) is 6.68. The van der Waals surface area contributed by atoms with Gasteiger partial charge in [0.2, 0.25) is 0 Å². The van der Waals surface area contributed by atoms with E-state index in [1.165, 1.54) is 18.4 Å². The summed E-state index contributed by atoms with van der Waals surface area (Å²) in [5, 5.41) is 4.37. The molecule has 1 fully saturated rings. The molecule has 1 saturated heterocycles. The monoisotopic (exact) mass is 266 g/mol. The van der Waals surface area contributed by atoms with Gasteiger partial charge in [-0.05, 0) is 43.5 Å². The first kappa shape index (κ1) is 13.9. The van der Waals surface area contributed by atoms with Crippen LogP contribution in [-0.2, 0) is 6.54 Å². The highest BCUT2D eigenvalue weighted by Gasteiger charge is 2.32. The number of hydrogen-bond acceptors (Lipinski definition) is 2. The minimum absolute atomic E-state index is 0.454. The molecule has 1 aliphatic rings. The van der Waals surface area contributed by atoms with E-state index in [4.69, 9.17) is 11.6 Å². The van der Waals surface area contributed by atoms with Crippen molar-refractivity contribution in [3.63, 3.8) is 0 Å². The third kappa shape index (κ3) is 3.25. The van der Waals surface area contributed by atoms with Crippen LogP contribution in [0.4, 0.5) is 0 Å². The van der Waals surface area contributed by atoms with E-state index in [-0.39, 0.29) is 0 Å². The molecular formula is C15H23ClN2. The van der Waals surface area contributed by atoms with E-state index in [0.717, 1.165) is 31.2 Å². The maximum Gasteiger partial charge on any atom is 0.0451 e.